The van der Waals surface area contributed by atoms with Crippen LogP contribution in [-0.4, -0.2) is 15.5 Å². The summed E-state index contributed by atoms with van der Waals surface area (Å²) < 4.78 is 29.4. The van der Waals surface area contributed by atoms with Gasteiger partial charge in [-0.1, -0.05) is 18.2 Å². The first-order chi connectivity index (χ1) is 11.6. The monoisotopic (exact) mass is 327 g/mol. The second kappa shape index (κ2) is 5.70. The topological polar surface area (TPSA) is 46.9 Å². The molecular formula is C18H15F2N3O. The number of pyridine rings is 1. The number of amides is 1. The lowest BCUT2D eigenvalue weighted by Crippen LogP contribution is -2.14. The van der Waals surface area contributed by atoms with Crippen molar-refractivity contribution >= 4 is 22.5 Å². The van der Waals surface area contributed by atoms with Crippen molar-refractivity contribution in [2.45, 2.75) is 19.4 Å². The number of fused-ring (bicyclic) bond motifs is 1. The zero-order chi connectivity index (χ0) is 16.7. The molecule has 1 saturated carbocycles. The molecule has 122 valence electrons. The Morgan fingerprint density at radius 1 is 1.21 bits per heavy atom. The summed E-state index contributed by atoms with van der Waals surface area (Å²) in [5, 5.41) is 3.10. The lowest BCUT2D eigenvalue weighted by molar-refractivity contribution is 0.102. The number of carbonyl (C=O) groups excluding carboxylic acids is 1. The van der Waals surface area contributed by atoms with Crippen LogP contribution in [0.2, 0.25) is 0 Å². The predicted octanol–water partition coefficient (Wildman–Crippen LogP) is 3.98. The molecule has 2 heterocycles. The van der Waals surface area contributed by atoms with Crippen molar-refractivity contribution in [3.8, 4) is 0 Å². The smallest absolute Gasteiger partial charge is 0.257 e. The van der Waals surface area contributed by atoms with Crippen LogP contribution in [0.3, 0.4) is 0 Å². The first kappa shape index (κ1) is 14.8. The lowest BCUT2D eigenvalue weighted by Gasteiger charge is -2.06. The number of nitrogens with one attached hydrogen (secondary N) is 1. The average molecular weight is 327 g/mol. The molecule has 6 heteroatoms. The van der Waals surface area contributed by atoms with Crippen LogP contribution in [0, 0.1) is 17.6 Å². The van der Waals surface area contributed by atoms with Crippen molar-refractivity contribution < 1.29 is 13.6 Å². The van der Waals surface area contributed by atoms with Gasteiger partial charge in [-0.2, -0.15) is 0 Å². The number of hydrogen-bond donors (Lipinski definition) is 1. The third kappa shape index (κ3) is 2.64. The number of rotatable bonds is 4. The van der Waals surface area contributed by atoms with Gasteiger partial charge in [-0.15, -0.1) is 0 Å². The molecule has 1 aromatic carbocycles. The van der Waals surface area contributed by atoms with E-state index in [-0.39, 0.29) is 0 Å². The van der Waals surface area contributed by atoms with Crippen molar-refractivity contribution in [2.75, 3.05) is 5.32 Å². The maximum Gasteiger partial charge on any atom is 0.257 e. The van der Waals surface area contributed by atoms with Gasteiger partial charge in [0.15, 0.2) is 11.6 Å². The molecule has 0 aliphatic heterocycles. The summed E-state index contributed by atoms with van der Waals surface area (Å²) in [4.78, 5) is 16.0. The fourth-order valence-corrected chi connectivity index (χ4v) is 2.87. The van der Waals surface area contributed by atoms with Gasteiger partial charge < -0.3 is 9.88 Å². The number of anilines is 1. The number of hydrogen-bond acceptors (Lipinski definition) is 2. The van der Waals surface area contributed by atoms with E-state index in [1.807, 2.05) is 28.8 Å². The molecule has 24 heavy (non-hydrogen) atoms. The second-order valence-electron chi connectivity index (χ2n) is 6.09. The standard InChI is InChI=1S/C18H15F2N3O/c19-14-7-21-8-15(20)17(14)22-18(24)13-10-23(9-11-5-6-11)16-4-2-1-3-12(13)16/h1-4,7-8,10-11H,5-6,9H2,(H,21,22,24). The van der Waals surface area contributed by atoms with Gasteiger partial charge in [-0.25, -0.2) is 8.78 Å². The van der Waals surface area contributed by atoms with Crippen molar-refractivity contribution in [3.63, 3.8) is 0 Å². The molecule has 0 atom stereocenters. The summed E-state index contributed by atoms with van der Waals surface area (Å²) in [7, 11) is 0. The SMILES string of the molecule is O=C(Nc1c(F)cncc1F)c1cn(CC2CC2)c2ccccc12. The Bertz CT molecular complexity index is 911. The molecule has 4 rings (SSSR count). The fourth-order valence-electron chi connectivity index (χ4n) is 2.87. The molecule has 1 N–H and O–H groups in total. The minimum atomic E-state index is -0.898. The molecule has 1 aliphatic rings. The van der Waals surface area contributed by atoms with E-state index in [1.165, 1.54) is 12.8 Å². The van der Waals surface area contributed by atoms with Crippen molar-refractivity contribution in [3.05, 3.63) is 60.1 Å². The predicted molar refractivity (Wildman–Crippen MR) is 86.8 cm³/mol. The third-order valence-corrected chi connectivity index (χ3v) is 4.28. The quantitative estimate of drug-likeness (QED) is 0.788. The Hall–Kier alpha value is -2.76. The summed E-state index contributed by atoms with van der Waals surface area (Å²) >= 11 is 0. The molecule has 2 aromatic heterocycles. The minimum absolute atomic E-state index is 0.405. The Morgan fingerprint density at radius 3 is 2.62 bits per heavy atom. The van der Waals surface area contributed by atoms with Crippen LogP contribution < -0.4 is 5.32 Å². The second-order valence-corrected chi connectivity index (χ2v) is 6.09. The molecule has 3 aromatic rings. The number of benzene rings is 1. The van der Waals surface area contributed by atoms with Crippen LogP contribution in [0.1, 0.15) is 23.2 Å². The van der Waals surface area contributed by atoms with Gasteiger partial charge in [-0.05, 0) is 24.8 Å². The van der Waals surface area contributed by atoms with Gasteiger partial charge >= 0.3 is 0 Å². The van der Waals surface area contributed by atoms with E-state index < -0.39 is 23.2 Å². The molecule has 0 radical (unpaired) electrons. The highest BCUT2D eigenvalue weighted by Crippen LogP contribution is 2.33. The Labute approximate surface area is 137 Å². The largest absolute Gasteiger partial charge is 0.346 e. The van der Waals surface area contributed by atoms with Gasteiger partial charge in [0, 0.05) is 23.6 Å². The zero-order valence-corrected chi connectivity index (χ0v) is 12.8. The highest BCUT2D eigenvalue weighted by molar-refractivity contribution is 6.13. The molecule has 0 saturated heterocycles. The number of nitrogens with zero attached hydrogens (tertiary/aromatic N) is 2. The van der Waals surface area contributed by atoms with Gasteiger partial charge in [0.2, 0.25) is 0 Å². The van der Waals surface area contributed by atoms with Crippen molar-refractivity contribution in [2.24, 2.45) is 5.92 Å². The first-order valence-corrected chi connectivity index (χ1v) is 7.81. The van der Waals surface area contributed by atoms with Gasteiger partial charge in [0.25, 0.3) is 5.91 Å². The van der Waals surface area contributed by atoms with E-state index in [0.717, 1.165) is 29.8 Å². The summed E-state index contributed by atoms with van der Waals surface area (Å²) in [5.74, 6) is -1.69. The van der Waals surface area contributed by atoms with Crippen molar-refractivity contribution in [1.82, 2.24) is 9.55 Å². The van der Waals surface area contributed by atoms with Crippen molar-refractivity contribution in [1.29, 1.82) is 0 Å². The van der Waals surface area contributed by atoms with Gasteiger partial charge in [0.05, 0.1) is 18.0 Å². The normalized spacial score (nSPS) is 14.1. The van der Waals surface area contributed by atoms with E-state index in [2.05, 4.69) is 10.3 Å². The Morgan fingerprint density at radius 2 is 1.92 bits per heavy atom. The average Bonchev–Trinajstić information content (AvgIpc) is 3.31. The molecule has 4 nitrogen and oxygen atoms in total. The molecule has 1 amide bonds. The van der Waals surface area contributed by atoms with E-state index in [4.69, 9.17) is 0 Å². The Balaban J connectivity index is 1.71. The summed E-state index contributed by atoms with van der Waals surface area (Å²) in [6, 6.07) is 7.54. The van der Waals surface area contributed by atoms with Gasteiger partial charge in [-0.3, -0.25) is 9.78 Å². The molecule has 0 spiro atoms. The van der Waals surface area contributed by atoms with E-state index in [0.29, 0.717) is 11.5 Å². The van der Waals surface area contributed by atoms with Crippen LogP contribution in [0.5, 0.6) is 0 Å². The van der Waals surface area contributed by atoms with E-state index in [1.54, 1.807) is 6.20 Å². The van der Waals surface area contributed by atoms with Crippen LogP contribution in [0.4, 0.5) is 14.5 Å². The Kier molecular flexibility index (Phi) is 3.52. The molecular weight excluding hydrogens is 312 g/mol. The first-order valence-electron chi connectivity index (χ1n) is 7.81. The highest BCUT2D eigenvalue weighted by Gasteiger charge is 2.24. The molecule has 1 aliphatic carbocycles. The number of para-hydroxylation sites is 1. The third-order valence-electron chi connectivity index (χ3n) is 4.28. The van der Waals surface area contributed by atoms with Crippen LogP contribution >= 0.6 is 0 Å². The van der Waals surface area contributed by atoms with E-state index >= 15 is 0 Å². The molecule has 0 unspecified atom stereocenters. The number of carbonyl (C=O) groups is 1. The maximum absolute atomic E-state index is 13.7. The van der Waals surface area contributed by atoms with Crippen LogP contribution in [-0.2, 0) is 6.54 Å². The van der Waals surface area contributed by atoms with Gasteiger partial charge in [0.1, 0.15) is 5.69 Å². The molecule has 0 bridgehead atoms. The summed E-state index contributed by atoms with van der Waals surface area (Å²) in [5.41, 5.74) is 0.876. The summed E-state index contributed by atoms with van der Waals surface area (Å²) in [6.45, 7) is 0.853. The highest BCUT2D eigenvalue weighted by atomic mass is 19.1. The molecule has 1 fully saturated rings. The number of aromatic nitrogens is 2. The zero-order valence-electron chi connectivity index (χ0n) is 12.8. The number of halogens is 2. The minimum Gasteiger partial charge on any atom is -0.346 e. The van der Waals surface area contributed by atoms with E-state index in [9.17, 15) is 13.6 Å². The maximum atomic E-state index is 13.7. The lowest BCUT2D eigenvalue weighted by atomic mass is 10.1. The fraction of sp³-hybridized carbons (Fsp3) is 0.222. The summed E-state index contributed by atoms with van der Waals surface area (Å²) in [6.07, 6.45) is 5.89. The van der Waals surface area contributed by atoms with Crippen LogP contribution in [0.25, 0.3) is 10.9 Å². The van der Waals surface area contributed by atoms with Crippen LogP contribution in [0.15, 0.2) is 42.9 Å².